The van der Waals surface area contributed by atoms with E-state index in [1.165, 1.54) is 11.5 Å². The molecule has 0 amide bonds. The number of nitrogens with two attached hydrogens (primary N) is 1. The van der Waals surface area contributed by atoms with Gasteiger partial charge in [-0.05, 0) is 36.0 Å². The van der Waals surface area contributed by atoms with Crippen molar-refractivity contribution in [2.45, 2.75) is 25.8 Å². The van der Waals surface area contributed by atoms with Gasteiger partial charge in [-0.3, -0.25) is 0 Å². The summed E-state index contributed by atoms with van der Waals surface area (Å²) in [5, 5.41) is 4.05. The molecule has 80 valence electrons. The van der Waals surface area contributed by atoms with Crippen LogP contribution in [0.4, 0.5) is 0 Å². The zero-order valence-electron chi connectivity index (χ0n) is 8.51. The van der Waals surface area contributed by atoms with Gasteiger partial charge in [0.2, 0.25) is 0 Å². The number of rotatable bonds is 4. The molecule has 0 aromatic carbocycles. The van der Waals surface area contributed by atoms with E-state index in [4.69, 9.17) is 10.2 Å². The summed E-state index contributed by atoms with van der Waals surface area (Å²) in [4.78, 5) is 1.08. The topological polar surface area (TPSA) is 64.9 Å². The van der Waals surface area contributed by atoms with Gasteiger partial charge in [-0.2, -0.15) is 0 Å². The van der Waals surface area contributed by atoms with E-state index in [2.05, 4.69) is 16.5 Å². The van der Waals surface area contributed by atoms with Crippen LogP contribution >= 0.6 is 11.5 Å². The lowest BCUT2D eigenvalue weighted by Crippen LogP contribution is -2.13. The van der Waals surface area contributed by atoms with E-state index in [9.17, 15) is 0 Å². The highest BCUT2D eigenvalue weighted by Crippen LogP contribution is 2.22. The molecule has 2 N–H and O–H groups in total. The minimum absolute atomic E-state index is 0.0300. The molecule has 5 heteroatoms. The zero-order valence-corrected chi connectivity index (χ0v) is 9.33. The maximum atomic E-state index is 6.10. The predicted molar refractivity (Wildman–Crippen MR) is 58.6 cm³/mol. The number of aromatic nitrogens is 2. The lowest BCUT2D eigenvalue weighted by molar-refractivity contribution is 0.561. The van der Waals surface area contributed by atoms with Crippen LogP contribution in [-0.2, 0) is 12.8 Å². The van der Waals surface area contributed by atoms with Gasteiger partial charge in [-0.25, -0.2) is 0 Å². The molecule has 1 unspecified atom stereocenters. The van der Waals surface area contributed by atoms with Gasteiger partial charge in [-0.1, -0.05) is 11.4 Å². The van der Waals surface area contributed by atoms with E-state index in [0.717, 1.165) is 29.0 Å². The van der Waals surface area contributed by atoms with Crippen LogP contribution in [0.5, 0.6) is 0 Å². The molecule has 0 fully saturated rings. The summed E-state index contributed by atoms with van der Waals surface area (Å²) in [6, 6.07) is 1.90. The average Bonchev–Trinajstić information content (AvgIpc) is 2.86. The van der Waals surface area contributed by atoms with E-state index in [0.29, 0.717) is 0 Å². The summed E-state index contributed by atoms with van der Waals surface area (Å²) in [5.41, 5.74) is 8.22. The van der Waals surface area contributed by atoms with Crippen molar-refractivity contribution in [3.8, 4) is 0 Å². The SMILES string of the molecule is CCc1nnsc1C(N)Cc1ccoc1. The van der Waals surface area contributed by atoms with E-state index in [1.807, 2.05) is 6.07 Å². The van der Waals surface area contributed by atoms with Crippen LogP contribution in [0.25, 0.3) is 0 Å². The summed E-state index contributed by atoms with van der Waals surface area (Å²) < 4.78 is 8.94. The second-order valence-electron chi connectivity index (χ2n) is 3.38. The summed E-state index contributed by atoms with van der Waals surface area (Å²) in [7, 11) is 0. The molecule has 2 aromatic rings. The predicted octanol–water partition coefficient (Wildman–Crippen LogP) is 1.94. The van der Waals surface area contributed by atoms with Crippen molar-refractivity contribution in [1.29, 1.82) is 0 Å². The fourth-order valence-electron chi connectivity index (χ4n) is 1.50. The minimum Gasteiger partial charge on any atom is -0.472 e. The Balaban J connectivity index is 2.11. The molecule has 2 aromatic heterocycles. The third kappa shape index (κ3) is 2.24. The molecule has 0 radical (unpaired) electrons. The highest BCUT2D eigenvalue weighted by atomic mass is 32.1. The van der Waals surface area contributed by atoms with Gasteiger partial charge >= 0.3 is 0 Å². The van der Waals surface area contributed by atoms with Gasteiger partial charge < -0.3 is 10.2 Å². The Morgan fingerprint density at radius 1 is 1.60 bits per heavy atom. The molecule has 0 aliphatic carbocycles. The molecule has 0 aliphatic rings. The van der Waals surface area contributed by atoms with Crippen LogP contribution in [0.3, 0.4) is 0 Å². The number of furan rings is 1. The van der Waals surface area contributed by atoms with Gasteiger partial charge in [0.05, 0.1) is 23.1 Å². The van der Waals surface area contributed by atoms with Crippen molar-refractivity contribution >= 4 is 11.5 Å². The monoisotopic (exact) mass is 223 g/mol. The van der Waals surface area contributed by atoms with Gasteiger partial charge in [-0.15, -0.1) is 5.10 Å². The fourth-order valence-corrected chi connectivity index (χ4v) is 2.23. The summed E-state index contributed by atoms with van der Waals surface area (Å²) in [6.07, 6.45) is 5.03. The van der Waals surface area contributed by atoms with Gasteiger partial charge in [0, 0.05) is 6.04 Å². The molecule has 4 nitrogen and oxygen atoms in total. The van der Waals surface area contributed by atoms with Crippen LogP contribution in [0.2, 0.25) is 0 Å². The van der Waals surface area contributed by atoms with Crippen molar-refractivity contribution in [3.05, 3.63) is 34.7 Å². The third-order valence-corrected chi connectivity index (χ3v) is 3.19. The second kappa shape index (κ2) is 4.55. The van der Waals surface area contributed by atoms with Crippen LogP contribution in [0.1, 0.15) is 29.1 Å². The molecule has 0 spiro atoms. The first-order valence-corrected chi connectivity index (χ1v) is 5.66. The molecule has 0 aliphatic heterocycles. The highest BCUT2D eigenvalue weighted by molar-refractivity contribution is 7.05. The molecule has 2 heterocycles. The molecular weight excluding hydrogens is 210 g/mol. The Labute approximate surface area is 92.3 Å². The molecular formula is C10H13N3OS. The molecule has 15 heavy (non-hydrogen) atoms. The Morgan fingerprint density at radius 2 is 2.47 bits per heavy atom. The minimum atomic E-state index is -0.0300. The van der Waals surface area contributed by atoms with Gasteiger partial charge in [0.15, 0.2) is 0 Å². The standard InChI is InChI=1S/C10H13N3OS/c1-2-9-10(15-13-12-9)8(11)5-7-3-4-14-6-7/h3-4,6,8H,2,5,11H2,1H3. The number of aryl methyl sites for hydroxylation is 1. The molecule has 0 saturated carbocycles. The van der Waals surface area contributed by atoms with Crippen molar-refractivity contribution in [2.24, 2.45) is 5.73 Å². The normalized spacial score (nSPS) is 12.9. The molecule has 0 saturated heterocycles. The molecule has 2 rings (SSSR count). The summed E-state index contributed by atoms with van der Waals surface area (Å²) in [6.45, 7) is 2.06. The number of nitrogens with zero attached hydrogens (tertiary/aromatic N) is 2. The van der Waals surface area contributed by atoms with Crippen LogP contribution in [0.15, 0.2) is 23.0 Å². The van der Waals surface area contributed by atoms with Crippen molar-refractivity contribution in [2.75, 3.05) is 0 Å². The second-order valence-corrected chi connectivity index (χ2v) is 4.17. The fraction of sp³-hybridized carbons (Fsp3) is 0.400. The number of hydrogen-bond acceptors (Lipinski definition) is 5. The zero-order chi connectivity index (χ0) is 10.7. The average molecular weight is 223 g/mol. The van der Waals surface area contributed by atoms with Gasteiger partial charge in [0.1, 0.15) is 0 Å². The molecule has 0 bridgehead atoms. The van der Waals surface area contributed by atoms with Crippen molar-refractivity contribution < 1.29 is 4.42 Å². The van der Waals surface area contributed by atoms with Crippen molar-refractivity contribution in [1.82, 2.24) is 9.59 Å². The Hall–Kier alpha value is -1.20. The first-order chi connectivity index (χ1) is 7.31. The maximum absolute atomic E-state index is 6.10. The van der Waals surface area contributed by atoms with Crippen LogP contribution in [0, 0.1) is 0 Å². The largest absolute Gasteiger partial charge is 0.472 e. The van der Waals surface area contributed by atoms with Crippen molar-refractivity contribution in [3.63, 3.8) is 0 Å². The third-order valence-electron chi connectivity index (χ3n) is 2.29. The lowest BCUT2D eigenvalue weighted by Gasteiger charge is -2.08. The summed E-state index contributed by atoms with van der Waals surface area (Å²) in [5.74, 6) is 0. The molecule has 1 atom stereocenters. The number of hydrogen-bond donors (Lipinski definition) is 1. The first kappa shape index (κ1) is 10.3. The Morgan fingerprint density at radius 3 is 3.13 bits per heavy atom. The van der Waals surface area contributed by atoms with E-state index >= 15 is 0 Å². The lowest BCUT2D eigenvalue weighted by atomic mass is 10.1. The van der Waals surface area contributed by atoms with E-state index in [1.54, 1.807) is 12.5 Å². The van der Waals surface area contributed by atoms with Gasteiger partial charge in [0.25, 0.3) is 0 Å². The Bertz CT molecular complexity index is 410. The maximum Gasteiger partial charge on any atom is 0.0935 e. The van der Waals surface area contributed by atoms with Crippen LogP contribution in [-0.4, -0.2) is 9.59 Å². The van der Waals surface area contributed by atoms with Crippen LogP contribution < -0.4 is 5.73 Å². The first-order valence-electron chi connectivity index (χ1n) is 4.89. The summed E-state index contributed by atoms with van der Waals surface area (Å²) >= 11 is 1.39. The highest BCUT2D eigenvalue weighted by Gasteiger charge is 2.15. The van der Waals surface area contributed by atoms with E-state index < -0.39 is 0 Å². The smallest absolute Gasteiger partial charge is 0.0935 e. The quantitative estimate of drug-likeness (QED) is 0.860. The Kier molecular flexibility index (Phi) is 3.13. The van der Waals surface area contributed by atoms with E-state index in [-0.39, 0.29) is 6.04 Å².